The van der Waals surface area contributed by atoms with Crippen LogP contribution in [-0.2, 0) is 4.79 Å². The van der Waals surface area contributed by atoms with Gasteiger partial charge in [0.15, 0.2) is 5.15 Å². The van der Waals surface area contributed by atoms with E-state index in [-0.39, 0.29) is 16.6 Å². The highest BCUT2D eigenvalue weighted by Gasteiger charge is 2.23. The van der Waals surface area contributed by atoms with E-state index in [9.17, 15) is 4.79 Å². The normalized spacial score (nSPS) is 10.9. The number of nitrogens with one attached hydrogen (secondary N) is 1. The molecule has 0 fully saturated rings. The van der Waals surface area contributed by atoms with Gasteiger partial charge in [-0.15, -0.1) is 0 Å². The van der Waals surface area contributed by atoms with E-state index in [1.54, 1.807) is 20.8 Å². The zero-order valence-electron chi connectivity index (χ0n) is 8.59. The van der Waals surface area contributed by atoms with Gasteiger partial charge in [0, 0.05) is 5.41 Å². The molecule has 1 aromatic rings. The maximum absolute atomic E-state index is 11.6. The fourth-order valence-electron chi connectivity index (χ4n) is 0.744. The van der Waals surface area contributed by atoms with E-state index in [4.69, 9.17) is 16.9 Å². The third-order valence-electron chi connectivity index (χ3n) is 1.67. The van der Waals surface area contributed by atoms with Crippen molar-refractivity contribution in [1.29, 1.82) is 5.26 Å². The van der Waals surface area contributed by atoms with Crippen molar-refractivity contribution in [1.82, 2.24) is 4.37 Å². The molecule has 0 aliphatic heterocycles. The number of carbonyl (C=O) groups excluding carboxylic acids is 1. The molecule has 1 amide bonds. The summed E-state index contributed by atoms with van der Waals surface area (Å²) in [4.78, 5) is 11.6. The molecule has 4 nitrogen and oxygen atoms in total. The number of halogens is 1. The van der Waals surface area contributed by atoms with Crippen molar-refractivity contribution < 1.29 is 4.79 Å². The van der Waals surface area contributed by atoms with E-state index < -0.39 is 5.41 Å². The summed E-state index contributed by atoms with van der Waals surface area (Å²) in [5, 5.41) is 12.0. The summed E-state index contributed by atoms with van der Waals surface area (Å²) < 4.78 is 3.79. The van der Waals surface area contributed by atoms with Crippen molar-refractivity contribution >= 4 is 34.0 Å². The maximum atomic E-state index is 11.6. The molecule has 0 unspecified atom stereocenters. The van der Waals surface area contributed by atoms with Crippen LogP contribution in [0.2, 0.25) is 5.15 Å². The van der Waals surface area contributed by atoms with Crippen molar-refractivity contribution in [3.63, 3.8) is 0 Å². The number of hydrogen-bond donors (Lipinski definition) is 1. The first kappa shape index (κ1) is 12.0. The van der Waals surface area contributed by atoms with Crippen LogP contribution in [0.4, 0.5) is 5.00 Å². The third kappa shape index (κ3) is 2.67. The number of amides is 1. The molecule has 0 aliphatic rings. The topological polar surface area (TPSA) is 65.8 Å². The van der Waals surface area contributed by atoms with Crippen molar-refractivity contribution in [3.05, 3.63) is 10.7 Å². The Hall–Kier alpha value is -1.12. The van der Waals surface area contributed by atoms with Crippen LogP contribution in [0, 0.1) is 16.7 Å². The Balaban J connectivity index is 2.92. The average Bonchev–Trinajstić information content (AvgIpc) is 2.45. The number of aromatic nitrogens is 1. The lowest BCUT2D eigenvalue weighted by molar-refractivity contribution is -0.123. The van der Waals surface area contributed by atoms with Crippen LogP contribution >= 0.6 is 23.1 Å². The second-order valence-electron chi connectivity index (χ2n) is 3.99. The van der Waals surface area contributed by atoms with Crippen LogP contribution in [0.3, 0.4) is 0 Å². The first-order chi connectivity index (χ1) is 6.86. The largest absolute Gasteiger partial charge is 0.315 e. The lowest BCUT2D eigenvalue weighted by Gasteiger charge is -2.16. The quantitative estimate of drug-likeness (QED) is 0.825. The molecule has 1 N–H and O–H groups in total. The Labute approximate surface area is 97.0 Å². The number of rotatable bonds is 1. The molecular weight excluding hydrogens is 234 g/mol. The van der Waals surface area contributed by atoms with Crippen LogP contribution in [0.15, 0.2) is 0 Å². The van der Waals surface area contributed by atoms with Gasteiger partial charge >= 0.3 is 0 Å². The molecule has 0 radical (unpaired) electrons. The molecular formula is C9H10ClN3OS. The molecule has 0 spiro atoms. The van der Waals surface area contributed by atoms with Gasteiger partial charge in [-0.05, 0) is 11.5 Å². The van der Waals surface area contributed by atoms with Crippen LogP contribution < -0.4 is 5.32 Å². The first-order valence-electron chi connectivity index (χ1n) is 4.23. The second kappa shape index (κ2) is 4.17. The van der Waals surface area contributed by atoms with Crippen LogP contribution in [0.25, 0.3) is 0 Å². The van der Waals surface area contributed by atoms with Gasteiger partial charge in [0.25, 0.3) is 0 Å². The van der Waals surface area contributed by atoms with Gasteiger partial charge in [-0.2, -0.15) is 9.64 Å². The fraction of sp³-hybridized carbons (Fsp3) is 0.444. The highest BCUT2D eigenvalue weighted by atomic mass is 35.5. The minimum Gasteiger partial charge on any atom is -0.315 e. The Morgan fingerprint density at radius 3 is 2.67 bits per heavy atom. The zero-order chi connectivity index (χ0) is 11.6. The van der Waals surface area contributed by atoms with E-state index in [1.165, 1.54) is 0 Å². The van der Waals surface area contributed by atoms with E-state index in [0.29, 0.717) is 5.00 Å². The molecule has 0 saturated heterocycles. The highest BCUT2D eigenvalue weighted by Crippen LogP contribution is 2.29. The molecule has 1 rings (SSSR count). The monoisotopic (exact) mass is 243 g/mol. The maximum Gasteiger partial charge on any atom is 0.230 e. The Kier molecular flexibility index (Phi) is 3.32. The van der Waals surface area contributed by atoms with E-state index >= 15 is 0 Å². The minimum atomic E-state index is -0.511. The standard InChI is InChI=1S/C9H10ClN3OS/c1-9(2,3)8(14)12-7-5(4-11)6(10)13-15-7/h1-3H3,(H,12,14). The summed E-state index contributed by atoms with van der Waals surface area (Å²) in [7, 11) is 0. The molecule has 0 bridgehead atoms. The molecule has 1 heterocycles. The zero-order valence-corrected chi connectivity index (χ0v) is 10.2. The lowest BCUT2D eigenvalue weighted by atomic mass is 9.96. The predicted octanol–water partition coefficient (Wildman–Crippen LogP) is 2.65. The molecule has 0 atom stereocenters. The Morgan fingerprint density at radius 1 is 1.60 bits per heavy atom. The van der Waals surface area contributed by atoms with Crippen molar-refractivity contribution in [2.24, 2.45) is 5.41 Å². The van der Waals surface area contributed by atoms with Gasteiger partial charge in [0.1, 0.15) is 16.6 Å². The average molecular weight is 244 g/mol. The SMILES string of the molecule is CC(C)(C)C(=O)Nc1snc(Cl)c1C#N. The number of carbonyl (C=O) groups is 1. The molecule has 0 saturated carbocycles. The fourth-order valence-corrected chi connectivity index (χ4v) is 1.67. The van der Waals surface area contributed by atoms with Gasteiger partial charge < -0.3 is 5.32 Å². The van der Waals surface area contributed by atoms with Crippen molar-refractivity contribution in [2.45, 2.75) is 20.8 Å². The number of hydrogen-bond acceptors (Lipinski definition) is 4. The third-order valence-corrected chi connectivity index (χ3v) is 2.81. The molecule has 0 aliphatic carbocycles. The summed E-state index contributed by atoms with van der Waals surface area (Å²) in [5.74, 6) is -0.167. The number of nitriles is 1. The van der Waals surface area contributed by atoms with Crippen LogP contribution in [0.5, 0.6) is 0 Å². The van der Waals surface area contributed by atoms with Gasteiger partial charge in [-0.25, -0.2) is 0 Å². The summed E-state index contributed by atoms with van der Waals surface area (Å²) in [6, 6.07) is 1.90. The number of nitrogens with zero attached hydrogens (tertiary/aromatic N) is 2. The Bertz CT molecular complexity index is 428. The van der Waals surface area contributed by atoms with Gasteiger partial charge in [0.2, 0.25) is 5.91 Å². The Morgan fingerprint density at radius 2 is 2.20 bits per heavy atom. The first-order valence-corrected chi connectivity index (χ1v) is 5.38. The molecule has 15 heavy (non-hydrogen) atoms. The molecule has 1 aromatic heterocycles. The molecule has 80 valence electrons. The summed E-state index contributed by atoms with van der Waals surface area (Å²) >= 11 is 6.68. The van der Waals surface area contributed by atoms with Gasteiger partial charge in [-0.1, -0.05) is 32.4 Å². The minimum absolute atomic E-state index is 0.131. The summed E-state index contributed by atoms with van der Waals surface area (Å²) in [5.41, 5.74) is -0.289. The van der Waals surface area contributed by atoms with Crippen molar-refractivity contribution in [3.8, 4) is 6.07 Å². The smallest absolute Gasteiger partial charge is 0.230 e. The summed E-state index contributed by atoms with van der Waals surface area (Å²) in [6.45, 7) is 5.37. The second-order valence-corrected chi connectivity index (χ2v) is 5.12. The predicted molar refractivity (Wildman–Crippen MR) is 59.9 cm³/mol. The summed E-state index contributed by atoms with van der Waals surface area (Å²) in [6.07, 6.45) is 0. The van der Waals surface area contributed by atoms with Crippen LogP contribution in [0.1, 0.15) is 26.3 Å². The van der Waals surface area contributed by atoms with E-state index in [1.807, 2.05) is 6.07 Å². The van der Waals surface area contributed by atoms with Gasteiger partial charge in [0.05, 0.1) is 0 Å². The number of anilines is 1. The highest BCUT2D eigenvalue weighted by molar-refractivity contribution is 7.11. The lowest BCUT2D eigenvalue weighted by Crippen LogP contribution is -2.27. The van der Waals surface area contributed by atoms with Crippen molar-refractivity contribution in [2.75, 3.05) is 5.32 Å². The van der Waals surface area contributed by atoms with E-state index in [0.717, 1.165) is 11.5 Å². The molecule has 6 heteroatoms. The van der Waals surface area contributed by atoms with Gasteiger partial charge in [-0.3, -0.25) is 4.79 Å². The van der Waals surface area contributed by atoms with Crippen LogP contribution in [-0.4, -0.2) is 10.3 Å². The van der Waals surface area contributed by atoms with E-state index in [2.05, 4.69) is 9.69 Å². The molecule has 0 aromatic carbocycles.